The van der Waals surface area contributed by atoms with Gasteiger partial charge in [0.1, 0.15) is 18.1 Å². The minimum absolute atomic E-state index is 0. The lowest BCUT2D eigenvalue weighted by Gasteiger charge is -2.31. The number of nitrogens with zero attached hydrogens (tertiary/aromatic N) is 1. The highest BCUT2D eigenvalue weighted by molar-refractivity contribution is 5.85. The number of hydrogen-bond donors (Lipinski definition) is 2. The van der Waals surface area contributed by atoms with E-state index in [0.717, 1.165) is 44.0 Å². The molecule has 0 aromatic heterocycles. The molecule has 0 bridgehead atoms. The van der Waals surface area contributed by atoms with E-state index < -0.39 is 0 Å². The Morgan fingerprint density at radius 2 is 1.96 bits per heavy atom. The molecule has 1 saturated heterocycles. The van der Waals surface area contributed by atoms with E-state index in [1.807, 2.05) is 31.2 Å². The Morgan fingerprint density at radius 3 is 2.60 bits per heavy atom. The molecule has 0 radical (unpaired) electrons. The summed E-state index contributed by atoms with van der Waals surface area (Å²) in [6.07, 6.45) is 2.00. The number of nitrogens with one attached hydrogen (secondary N) is 1. The first-order valence-electron chi connectivity index (χ1n) is 8.78. The van der Waals surface area contributed by atoms with Crippen LogP contribution in [-0.4, -0.2) is 56.7 Å². The molecule has 1 aliphatic rings. The summed E-state index contributed by atoms with van der Waals surface area (Å²) in [4.78, 5) is 14.3. The van der Waals surface area contributed by atoms with Crippen LogP contribution in [0.5, 0.6) is 11.5 Å². The van der Waals surface area contributed by atoms with Gasteiger partial charge in [-0.15, -0.1) is 12.4 Å². The van der Waals surface area contributed by atoms with Crippen molar-refractivity contribution in [3.8, 4) is 11.5 Å². The van der Waals surface area contributed by atoms with E-state index in [2.05, 4.69) is 10.2 Å². The molecule has 3 N–H and O–H groups in total. The van der Waals surface area contributed by atoms with E-state index >= 15 is 0 Å². The Bertz CT molecular complexity index is 499. The molecule has 1 aliphatic heterocycles. The van der Waals surface area contributed by atoms with Gasteiger partial charge in [0.15, 0.2) is 0 Å². The number of carbonyl (C=O) groups excluding carboxylic acids is 1. The summed E-state index contributed by atoms with van der Waals surface area (Å²) in [6.45, 7) is 6.92. The van der Waals surface area contributed by atoms with Gasteiger partial charge in [0.05, 0.1) is 12.5 Å². The molecule has 1 unspecified atom stereocenters. The van der Waals surface area contributed by atoms with Gasteiger partial charge < -0.3 is 20.5 Å². The van der Waals surface area contributed by atoms with Crippen LogP contribution < -0.4 is 20.5 Å². The lowest BCUT2D eigenvalue weighted by Crippen LogP contribution is -2.45. The standard InChI is InChI=1S/C18H29N3O3.ClH/c1-2-23-16-5-7-17(8-6-16)24-13-12-21-11-3-4-15(14-21)18(22)20-10-9-19;/h5-8,15H,2-4,9-14,19H2,1H3,(H,20,22);1H. The van der Waals surface area contributed by atoms with E-state index in [4.69, 9.17) is 15.2 Å². The van der Waals surface area contributed by atoms with Crippen molar-refractivity contribution in [2.24, 2.45) is 11.7 Å². The van der Waals surface area contributed by atoms with E-state index in [0.29, 0.717) is 26.3 Å². The maximum atomic E-state index is 12.0. The minimum Gasteiger partial charge on any atom is -0.494 e. The predicted molar refractivity (Wildman–Crippen MR) is 102 cm³/mol. The minimum atomic E-state index is 0. The summed E-state index contributed by atoms with van der Waals surface area (Å²) < 4.78 is 11.2. The lowest BCUT2D eigenvalue weighted by atomic mass is 9.97. The Kier molecular flexibility index (Phi) is 10.3. The number of likely N-dealkylation sites (tertiary alicyclic amines) is 1. The third-order valence-corrected chi connectivity index (χ3v) is 4.13. The number of piperidine rings is 1. The van der Waals surface area contributed by atoms with E-state index in [1.165, 1.54) is 0 Å². The molecule has 2 rings (SSSR count). The average molecular weight is 372 g/mol. The largest absolute Gasteiger partial charge is 0.494 e. The molecular weight excluding hydrogens is 342 g/mol. The fourth-order valence-electron chi connectivity index (χ4n) is 2.90. The van der Waals surface area contributed by atoms with Crippen molar-refractivity contribution < 1.29 is 14.3 Å². The third kappa shape index (κ3) is 7.50. The van der Waals surface area contributed by atoms with Crippen LogP contribution in [0.15, 0.2) is 24.3 Å². The van der Waals surface area contributed by atoms with Gasteiger partial charge in [-0.3, -0.25) is 9.69 Å². The zero-order chi connectivity index (χ0) is 17.2. The van der Waals surface area contributed by atoms with Crippen molar-refractivity contribution in [2.75, 3.05) is 45.9 Å². The Hall–Kier alpha value is -1.50. The molecule has 0 spiro atoms. The van der Waals surface area contributed by atoms with Crippen LogP contribution in [-0.2, 0) is 4.79 Å². The summed E-state index contributed by atoms with van der Waals surface area (Å²) in [7, 11) is 0. The summed E-state index contributed by atoms with van der Waals surface area (Å²) >= 11 is 0. The van der Waals surface area contributed by atoms with Crippen molar-refractivity contribution >= 4 is 18.3 Å². The van der Waals surface area contributed by atoms with Gasteiger partial charge in [-0.05, 0) is 50.6 Å². The first-order chi connectivity index (χ1) is 11.7. The number of rotatable bonds is 9. The normalized spacial score (nSPS) is 17.4. The van der Waals surface area contributed by atoms with Gasteiger partial charge >= 0.3 is 0 Å². The number of nitrogens with two attached hydrogens (primary N) is 1. The smallest absolute Gasteiger partial charge is 0.224 e. The molecule has 1 amide bonds. The summed E-state index contributed by atoms with van der Waals surface area (Å²) in [5.41, 5.74) is 5.43. The van der Waals surface area contributed by atoms with Gasteiger partial charge in [-0.2, -0.15) is 0 Å². The van der Waals surface area contributed by atoms with E-state index in [1.54, 1.807) is 0 Å². The molecule has 1 aromatic rings. The van der Waals surface area contributed by atoms with Gasteiger partial charge in [-0.25, -0.2) is 0 Å². The quantitative estimate of drug-likeness (QED) is 0.690. The van der Waals surface area contributed by atoms with Gasteiger partial charge in [0.2, 0.25) is 5.91 Å². The number of amides is 1. The first kappa shape index (κ1) is 21.5. The van der Waals surface area contributed by atoms with E-state index in [-0.39, 0.29) is 24.2 Å². The Labute approximate surface area is 156 Å². The number of hydrogen-bond acceptors (Lipinski definition) is 5. The molecule has 1 atom stereocenters. The zero-order valence-corrected chi connectivity index (χ0v) is 15.7. The van der Waals surface area contributed by atoms with Crippen molar-refractivity contribution in [1.82, 2.24) is 10.2 Å². The second kappa shape index (κ2) is 12.0. The van der Waals surface area contributed by atoms with Crippen LogP contribution in [0.4, 0.5) is 0 Å². The molecular formula is C18H30ClN3O3. The SMILES string of the molecule is CCOc1ccc(OCCN2CCCC(C(=O)NCCN)C2)cc1.Cl. The van der Waals surface area contributed by atoms with Crippen molar-refractivity contribution in [3.63, 3.8) is 0 Å². The second-order valence-electron chi connectivity index (χ2n) is 5.97. The van der Waals surface area contributed by atoms with Crippen molar-refractivity contribution in [3.05, 3.63) is 24.3 Å². The lowest BCUT2D eigenvalue weighted by molar-refractivity contribution is -0.126. The van der Waals surface area contributed by atoms with Crippen LogP contribution in [0.3, 0.4) is 0 Å². The highest BCUT2D eigenvalue weighted by Gasteiger charge is 2.25. The topological polar surface area (TPSA) is 76.8 Å². The molecule has 1 heterocycles. The number of benzene rings is 1. The van der Waals surface area contributed by atoms with Crippen LogP contribution >= 0.6 is 12.4 Å². The van der Waals surface area contributed by atoms with Crippen LogP contribution in [0.2, 0.25) is 0 Å². The van der Waals surface area contributed by atoms with Crippen molar-refractivity contribution in [1.29, 1.82) is 0 Å². The Morgan fingerprint density at radius 1 is 1.28 bits per heavy atom. The molecule has 142 valence electrons. The summed E-state index contributed by atoms with van der Waals surface area (Å²) in [5, 5.41) is 2.89. The molecule has 0 saturated carbocycles. The summed E-state index contributed by atoms with van der Waals surface area (Å²) in [5.74, 6) is 1.88. The highest BCUT2D eigenvalue weighted by atomic mass is 35.5. The maximum Gasteiger partial charge on any atom is 0.224 e. The van der Waals surface area contributed by atoms with Gasteiger partial charge in [0.25, 0.3) is 0 Å². The first-order valence-corrected chi connectivity index (χ1v) is 8.78. The number of halogens is 1. The molecule has 1 aromatic carbocycles. The van der Waals surface area contributed by atoms with Crippen LogP contribution in [0.25, 0.3) is 0 Å². The predicted octanol–water partition coefficient (Wildman–Crippen LogP) is 1.67. The molecule has 0 aliphatic carbocycles. The third-order valence-electron chi connectivity index (χ3n) is 4.13. The molecule has 25 heavy (non-hydrogen) atoms. The zero-order valence-electron chi connectivity index (χ0n) is 14.9. The maximum absolute atomic E-state index is 12.0. The highest BCUT2D eigenvalue weighted by Crippen LogP contribution is 2.19. The molecule has 6 nitrogen and oxygen atoms in total. The fourth-order valence-corrected chi connectivity index (χ4v) is 2.90. The fraction of sp³-hybridized carbons (Fsp3) is 0.611. The van der Waals surface area contributed by atoms with E-state index in [9.17, 15) is 4.79 Å². The monoisotopic (exact) mass is 371 g/mol. The van der Waals surface area contributed by atoms with Crippen LogP contribution in [0, 0.1) is 5.92 Å². The van der Waals surface area contributed by atoms with Gasteiger partial charge in [0, 0.05) is 26.2 Å². The summed E-state index contributed by atoms with van der Waals surface area (Å²) in [6, 6.07) is 7.67. The second-order valence-corrected chi connectivity index (χ2v) is 5.97. The van der Waals surface area contributed by atoms with Crippen molar-refractivity contribution in [2.45, 2.75) is 19.8 Å². The van der Waals surface area contributed by atoms with Crippen LogP contribution in [0.1, 0.15) is 19.8 Å². The average Bonchev–Trinajstić information content (AvgIpc) is 2.61. The molecule has 7 heteroatoms. The Balaban J connectivity index is 0.00000312. The number of ether oxygens (including phenoxy) is 2. The number of carbonyl (C=O) groups is 1. The molecule has 1 fully saturated rings. The van der Waals surface area contributed by atoms with Gasteiger partial charge in [-0.1, -0.05) is 0 Å².